The molecular formula is C24H22F3N3O3S. The van der Waals surface area contributed by atoms with Crippen LogP contribution < -0.4 is 4.74 Å². The van der Waals surface area contributed by atoms with Crippen molar-refractivity contribution in [3.63, 3.8) is 0 Å². The van der Waals surface area contributed by atoms with Gasteiger partial charge >= 0.3 is 6.18 Å². The number of halogens is 3. The minimum absolute atomic E-state index is 0.0807. The zero-order valence-corrected chi connectivity index (χ0v) is 18.9. The molecule has 0 aromatic heterocycles. The molecule has 6 nitrogen and oxygen atoms in total. The number of amidine groups is 1. The van der Waals surface area contributed by atoms with E-state index in [-0.39, 0.29) is 17.4 Å². The van der Waals surface area contributed by atoms with Gasteiger partial charge in [0, 0.05) is 19.0 Å². The minimum Gasteiger partial charge on any atom is -0.457 e. The Kier molecular flexibility index (Phi) is 5.55. The van der Waals surface area contributed by atoms with Crippen LogP contribution in [-0.4, -0.2) is 37.5 Å². The van der Waals surface area contributed by atoms with E-state index in [0.29, 0.717) is 36.5 Å². The van der Waals surface area contributed by atoms with Crippen LogP contribution in [0.25, 0.3) is 0 Å². The van der Waals surface area contributed by atoms with Crippen molar-refractivity contribution in [3.05, 3.63) is 59.2 Å². The van der Waals surface area contributed by atoms with Gasteiger partial charge in [0.1, 0.15) is 17.3 Å². The Bertz CT molecular complexity index is 1280. The van der Waals surface area contributed by atoms with Crippen molar-refractivity contribution in [2.24, 2.45) is 10.3 Å². The Labute approximate surface area is 195 Å². The molecule has 2 aromatic rings. The van der Waals surface area contributed by atoms with Gasteiger partial charge in [-0.1, -0.05) is 12.1 Å². The standard InChI is InChI=1S/C24H22F3N3O3S/c25-24(26,27)22-8-6-20(12-17(22)14-28)33-19-4-1-15(2-5-19)21-7-3-18-11-16(21)13-23-29-34(31,32)10-9-30(18)23/h1-2,4-6,8,12,16,18,21H,3,7,9-11,13H2. The second-order valence-corrected chi connectivity index (χ2v) is 10.8. The number of fused-ring (bicyclic) bond motifs is 4. The van der Waals surface area contributed by atoms with Crippen LogP contribution in [0, 0.1) is 17.2 Å². The SMILES string of the molecule is N#Cc1cc(Oc2ccc(C3CCC4CC3CC3=NS(=O)(=O)CCN34)cc2)ccc1C(F)(F)F. The predicted molar refractivity (Wildman–Crippen MR) is 119 cm³/mol. The second-order valence-electron chi connectivity index (χ2n) is 9.01. The normalized spacial score (nSPS) is 25.6. The molecule has 34 heavy (non-hydrogen) atoms. The average molecular weight is 490 g/mol. The summed E-state index contributed by atoms with van der Waals surface area (Å²) in [5.41, 5.74) is -0.360. The third-order valence-electron chi connectivity index (χ3n) is 6.97. The summed E-state index contributed by atoms with van der Waals surface area (Å²) < 4.78 is 72.7. The molecule has 3 atom stereocenters. The number of nitrogens with zero attached hydrogens (tertiary/aromatic N) is 3. The smallest absolute Gasteiger partial charge is 0.417 e. The summed E-state index contributed by atoms with van der Waals surface area (Å²) in [7, 11) is -3.37. The number of nitriles is 1. The number of hydrogen-bond donors (Lipinski definition) is 0. The number of rotatable bonds is 3. The minimum atomic E-state index is -4.60. The molecular weight excluding hydrogens is 467 g/mol. The van der Waals surface area contributed by atoms with E-state index in [1.807, 2.05) is 12.1 Å². The number of piperidine rings is 1. The molecule has 10 heteroatoms. The van der Waals surface area contributed by atoms with Gasteiger partial charge in [-0.3, -0.25) is 0 Å². The van der Waals surface area contributed by atoms with Gasteiger partial charge < -0.3 is 9.64 Å². The lowest BCUT2D eigenvalue weighted by Gasteiger charge is -2.49. The maximum absolute atomic E-state index is 13.0. The van der Waals surface area contributed by atoms with E-state index in [0.717, 1.165) is 37.0 Å². The average Bonchev–Trinajstić information content (AvgIpc) is 2.78. The first-order valence-electron chi connectivity index (χ1n) is 11.1. The maximum atomic E-state index is 13.0. The van der Waals surface area contributed by atoms with Crippen molar-refractivity contribution in [2.45, 2.75) is 43.8 Å². The molecule has 1 aliphatic carbocycles. The van der Waals surface area contributed by atoms with E-state index in [4.69, 9.17) is 10.00 Å². The van der Waals surface area contributed by atoms with Gasteiger partial charge in [-0.2, -0.15) is 22.8 Å². The molecule has 2 fully saturated rings. The molecule has 2 aliphatic heterocycles. The summed E-state index contributed by atoms with van der Waals surface area (Å²) >= 11 is 0. The molecule has 3 aliphatic rings. The predicted octanol–water partition coefficient (Wildman–Crippen LogP) is 5.07. The van der Waals surface area contributed by atoms with Gasteiger partial charge in [0.05, 0.1) is 22.9 Å². The summed E-state index contributed by atoms with van der Waals surface area (Å²) in [5, 5.41) is 9.08. The van der Waals surface area contributed by atoms with E-state index in [1.54, 1.807) is 18.2 Å². The van der Waals surface area contributed by atoms with Crippen molar-refractivity contribution in [2.75, 3.05) is 12.3 Å². The summed E-state index contributed by atoms with van der Waals surface area (Å²) in [6.07, 6.45) is -0.989. The maximum Gasteiger partial charge on any atom is 0.417 e. The zero-order valence-electron chi connectivity index (χ0n) is 18.1. The van der Waals surface area contributed by atoms with Crippen molar-refractivity contribution >= 4 is 15.9 Å². The van der Waals surface area contributed by atoms with Gasteiger partial charge in [0.15, 0.2) is 0 Å². The Hall–Kier alpha value is -3.06. The molecule has 5 rings (SSSR count). The van der Waals surface area contributed by atoms with Crippen molar-refractivity contribution in [3.8, 4) is 17.6 Å². The highest BCUT2D eigenvalue weighted by Crippen LogP contribution is 2.46. The van der Waals surface area contributed by atoms with E-state index in [2.05, 4.69) is 9.30 Å². The lowest BCUT2D eigenvalue weighted by Crippen LogP contribution is -2.53. The van der Waals surface area contributed by atoms with Crippen LogP contribution in [-0.2, 0) is 16.2 Å². The van der Waals surface area contributed by atoms with E-state index < -0.39 is 27.3 Å². The molecule has 2 bridgehead atoms. The molecule has 0 N–H and O–H groups in total. The van der Waals surface area contributed by atoms with Crippen LogP contribution >= 0.6 is 0 Å². The summed E-state index contributed by atoms with van der Waals surface area (Å²) in [6, 6.07) is 12.5. The first kappa shape index (κ1) is 22.7. The largest absolute Gasteiger partial charge is 0.457 e. The second kappa shape index (κ2) is 8.31. The molecule has 2 aromatic carbocycles. The van der Waals surface area contributed by atoms with Crippen LogP contribution in [0.5, 0.6) is 11.5 Å². The lowest BCUT2D eigenvalue weighted by molar-refractivity contribution is -0.137. The van der Waals surface area contributed by atoms with Crippen LogP contribution in [0.1, 0.15) is 48.3 Å². The number of ether oxygens (including phenoxy) is 1. The van der Waals surface area contributed by atoms with E-state index in [9.17, 15) is 21.6 Å². The van der Waals surface area contributed by atoms with Crippen molar-refractivity contribution in [1.82, 2.24) is 4.90 Å². The molecule has 3 unspecified atom stereocenters. The quantitative estimate of drug-likeness (QED) is 0.601. The van der Waals surface area contributed by atoms with E-state index in [1.165, 1.54) is 6.07 Å². The molecule has 0 spiro atoms. The molecule has 178 valence electrons. The fourth-order valence-corrected chi connectivity index (χ4v) is 6.44. The van der Waals surface area contributed by atoms with Gasteiger partial charge in [-0.15, -0.1) is 0 Å². The highest BCUT2D eigenvalue weighted by atomic mass is 32.2. The number of benzene rings is 2. The molecule has 2 heterocycles. The number of alkyl halides is 3. The fourth-order valence-electron chi connectivity index (χ4n) is 5.42. The molecule has 0 radical (unpaired) electrons. The monoisotopic (exact) mass is 489 g/mol. The van der Waals surface area contributed by atoms with Crippen LogP contribution in [0.15, 0.2) is 46.9 Å². The van der Waals surface area contributed by atoms with Gasteiger partial charge in [0.2, 0.25) is 0 Å². The fraction of sp³-hybridized carbons (Fsp3) is 0.417. The highest BCUT2D eigenvalue weighted by molar-refractivity contribution is 7.90. The van der Waals surface area contributed by atoms with Crippen molar-refractivity contribution < 1.29 is 26.3 Å². The van der Waals surface area contributed by atoms with Gasteiger partial charge in [-0.25, -0.2) is 8.42 Å². The molecule has 0 amide bonds. The molecule has 1 saturated carbocycles. The number of sulfonamides is 1. The Balaban J connectivity index is 1.32. The summed E-state index contributed by atoms with van der Waals surface area (Å²) in [6.45, 7) is 0.521. The lowest BCUT2D eigenvalue weighted by atomic mass is 9.69. The third-order valence-corrected chi connectivity index (χ3v) is 8.15. The van der Waals surface area contributed by atoms with Gasteiger partial charge in [0.25, 0.3) is 10.0 Å². The summed E-state index contributed by atoms with van der Waals surface area (Å²) in [5.74, 6) is 1.96. The van der Waals surface area contributed by atoms with E-state index >= 15 is 0 Å². The van der Waals surface area contributed by atoms with Crippen LogP contribution in [0.3, 0.4) is 0 Å². The molecule has 1 saturated heterocycles. The van der Waals surface area contributed by atoms with Crippen molar-refractivity contribution in [1.29, 1.82) is 5.26 Å². The third kappa shape index (κ3) is 4.37. The van der Waals surface area contributed by atoms with Crippen LogP contribution in [0.2, 0.25) is 0 Å². The highest BCUT2D eigenvalue weighted by Gasteiger charge is 2.42. The number of hydrogen-bond acceptors (Lipinski definition) is 5. The first-order chi connectivity index (χ1) is 16.1. The van der Waals surface area contributed by atoms with Crippen LogP contribution in [0.4, 0.5) is 13.2 Å². The Morgan fingerprint density at radius 3 is 2.53 bits per heavy atom. The Morgan fingerprint density at radius 1 is 1.09 bits per heavy atom. The zero-order chi connectivity index (χ0) is 24.1. The van der Waals surface area contributed by atoms with Gasteiger partial charge in [-0.05, 0) is 67.0 Å². The topological polar surface area (TPSA) is 82.8 Å². The summed E-state index contributed by atoms with van der Waals surface area (Å²) in [4.78, 5) is 2.17. The Morgan fingerprint density at radius 2 is 1.82 bits per heavy atom. The first-order valence-corrected chi connectivity index (χ1v) is 12.7.